The Hall–Kier alpha value is -3.03. The summed E-state index contributed by atoms with van der Waals surface area (Å²) in [6.07, 6.45) is 0. The highest BCUT2D eigenvalue weighted by Crippen LogP contribution is 2.35. The van der Waals surface area contributed by atoms with Crippen molar-refractivity contribution in [3.63, 3.8) is 0 Å². The van der Waals surface area contributed by atoms with Gasteiger partial charge in [-0.05, 0) is 12.1 Å². The predicted molar refractivity (Wildman–Crippen MR) is 73.0 cm³/mol. The lowest BCUT2D eigenvalue weighted by atomic mass is 10.2. The van der Waals surface area contributed by atoms with Crippen LogP contribution in [0.2, 0.25) is 0 Å². The van der Waals surface area contributed by atoms with Gasteiger partial charge in [-0.1, -0.05) is 18.2 Å². The molecule has 7 nitrogen and oxygen atoms in total. The third-order valence-corrected chi connectivity index (χ3v) is 3.18. The second-order valence-electron chi connectivity index (χ2n) is 4.51. The van der Waals surface area contributed by atoms with E-state index in [0.717, 1.165) is 19.2 Å². The number of aliphatic carboxylic acids is 1. The molecule has 116 valence electrons. The first kappa shape index (κ1) is 15.4. The summed E-state index contributed by atoms with van der Waals surface area (Å²) in [5.74, 6) is -8.17. The molecule has 2 rings (SSSR count). The molecular weight excluding hydrogens is 295 g/mol. The number of benzene rings is 1. The van der Waals surface area contributed by atoms with E-state index in [1.54, 1.807) is 6.07 Å². The average molecular weight is 308 g/mol. The number of hydrogen-bond donors (Lipinski definition) is 3. The first-order valence-corrected chi connectivity index (χ1v) is 6.15. The zero-order valence-electron chi connectivity index (χ0n) is 11.5. The van der Waals surface area contributed by atoms with Gasteiger partial charge < -0.3 is 15.3 Å². The Bertz CT molecular complexity index is 696. The summed E-state index contributed by atoms with van der Waals surface area (Å²) in [7, 11) is 0.919. The van der Waals surface area contributed by atoms with E-state index in [4.69, 9.17) is 0 Å². The van der Waals surface area contributed by atoms with Gasteiger partial charge in [-0.25, -0.2) is 9.36 Å². The highest BCUT2D eigenvalue weighted by molar-refractivity contribution is 5.96. The molecule has 3 N–H and O–H groups in total. The number of carbonyl (C=O) groups excluding carboxylic acids is 1. The monoisotopic (exact) mass is 308 g/mol. The summed E-state index contributed by atoms with van der Waals surface area (Å²) in [4.78, 5) is 23.9. The number of carboxylic acids is 1. The Morgan fingerprint density at radius 3 is 2.05 bits per heavy atom. The van der Waals surface area contributed by atoms with E-state index in [9.17, 15) is 24.9 Å². The molecule has 0 aliphatic rings. The highest BCUT2D eigenvalue weighted by Gasteiger charge is 2.50. The summed E-state index contributed by atoms with van der Waals surface area (Å²) in [5, 5.41) is 28.4. The van der Waals surface area contributed by atoms with E-state index in [2.05, 4.69) is 0 Å². The third-order valence-electron chi connectivity index (χ3n) is 3.18. The van der Waals surface area contributed by atoms with E-state index in [1.807, 2.05) is 0 Å². The number of alkyl halides is 1. The zero-order chi connectivity index (χ0) is 16.5. The Kier molecular flexibility index (Phi) is 3.77. The second-order valence-corrected chi connectivity index (χ2v) is 4.51. The predicted octanol–water partition coefficient (Wildman–Crippen LogP) is 1.34. The largest absolute Gasteiger partial charge is 0.494 e. The van der Waals surface area contributed by atoms with Gasteiger partial charge in [0, 0.05) is 24.7 Å². The molecule has 0 fully saturated rings. The minimum Gasteiger partial charge on any atom is -0.494 e. The number of aromatic hydroxyl groups is 2. The number of amides is 1. The van der Waals surface area contributed by atoms with Crippen LogP contribution in [-0.2, 0) is 10.7 Å². The van der Waals surface area contributed by atoms with Crippen LogP contribution in [0.5, 0.6) is 11.8 Å². The SMILES string of the molecule is CN(C(=O)c1ccccc1)C(F)(C(=O)O)n1c(O)ccc1O. The van der Waals surface area contributed by atoms with E-state index in [0.29, 0.717) is 0 Å². The van der Waals surface area contributed by atoms with Gasteiger partial charge in [0.05, 0.1) is 0 Å². The molecule has 1 aromatic heterocycles. The maximum Gasteiger partial charge on any atom is 0.386 e. The Morgan fingerprint density at radius 1 is 1.09 bits per heavy atom. The maximum atomic E-state index is 15.1. The van der Waals surface area contributed by atoms with E-state index in [1.165, 1.54) is 24.3 Å². The summed E-state index contributed by atoms with van der Waals surface area (Å²) in [6, 6.07) is 9.30. The fraction of sp³-hybridized carbons (Fsp3) is 0.143. The van der Waals surface area contributed by atoms with Crippen LogP contribution in [0.25, 0.3) is 0 Å². The van der Waals surface area contributed by atoms with Crippen molar-refractivity contribution in [2.24, 2.45) is 0 Å². The van der Waals surface area contributed by atoms with Crippen LogP contribution in [0.1, 0.15) is 10.4 Å². The molecule has 1 unspecified atom stereocenters. The molecule has 1 heterocycles. The second kappa shape index (κ2) is 5.40. The van der Waals surface area contributed by atoms with Crippen LogP contribution < -0.4 is 0 Å². The minimum atomic E-state index is -3.50. The van der Waals surface area contributed by atoms with Gasteiger partial charge in [0.25, 0.3) is 5.91 Å². The number of hydrogen-bond acceptors (Lipinski definition) is 4. The maximum absolute atomic E-state index is 15.1. The van der Waals surface area contributed by atoms with Crippen LogP contribution in [0, 0.1) is 0 Å². The van der Waals surface area contributed by atoms with Gasteiger partial charge in [-0.15, -0.1) is 0 Å². The molecule has 0 aliphatic carbocycles. The molecule has 8 heteroatoms. The van der Waals surface area contributed by atoms with Gasteiger partial charge in [0.15, 0.2) is 11.8 Å². The molecule has 0 saturated heterocycles. The number of likely N-dealkylation sites (N-methyl/N-ethyl adjacent to an activating group) is 1. The summed E-state index contributed by atoms with van der Waals surface area (Å²) in [5.41, 5.74) is 0.0550. The average Bonchev–Trinajstić information content (AvgIpc) is 2.85. The molecule has 0 aliphatic heterocycles. The molecule has 1 aromatic carbocycles. The first-order valence-electron chi connectivity index (χ1n) is 6.15. The Labute approximate surface area is 124 Å². The van der Waals surface area contributed by atoms with Gasteiger partial charge in [-0.3, -0.25) is 9.69 Å². The van der Waals surface area contributed by atoms with Crippen molar-refractivity contribution in [3.8, 4) is 11.8 Å². The topological polar surface area (TPSA) is 103 Å². The number of nitrogens with zero attached hydrogens (tertiary/aromatic N) is 2. The first-order chi connectivity index (χ1) is 10.3. The summed E-state index contributed by atoms with van der Waals surface area (Å²) >= 11 is 0. The van der Waals surface area contributed by atoms with Crippen LogP contribution >= 0.6 is 0 Å². The van der Waals surface area contributed by atoms with E-state index in [-0.39, 0.29) is 15.0 Å². The van der Waals surface area contributed by atoms with Crippen molar-refractivity contribution in [3.05, 3.63) is 48.0 Å². The molecule has 1 atom stereocenters. The van der Waals surface area contributed by atoms with Gasteiger partial charge in [0.2, 0.25) is 0 Å². The van der Waals surface area contributed by atoms with Crippen molar-refractivity contribution in [1.29, 1.82) is 0 Å². The van der Waals surface area contributed by atoms with E-state index < -0.39 is 29.6 Å². The molecule has 22 heavy (non-hydrogen) atoms. The number of carbonyl (C=O) groups is 2. The van der Waals surface area contributed by atoms with Crippen molar-refractivity contribution < 1.29 is 29.3 Å². The van der Waals surface area contributed by atoms with Crippen LogP contribution in [0.15, 0.2) is 42.5 Å². The highest BCUT2D eigenvalue weighted by atomic mass is 19.2. The number of aromatic nitrogens is 1. The fourth-order valence-corrected chi connectivity index (χ4v) is 2.02. The molecular formula is C14H13FN2O5. The number of rotatable bonds is 4. The van der Waals surface area contributed by atoms with Crippen LogP contribution in [0.3, 0.4) is 0 Å². The van der Waals surface area contributed by atoms with Gasteiger partial charge in [-0.2, -0.15) is 4.39 Å². The van der Waals surface area contributed by atoms with Gasteiger partial charge in [0.1, 0.15) is 0 Å². The smallest absolute Gasteiger partial charge is 0.386 e. The number of halogens is 1. The Morgan fingerprint density at radius 2 is 1.59 bits per heavy atom. The normalized spacial score (nSPS) is 13.4. The van der Waals surface area contributed by atoms with Crippen molar-refractivity contribution in [1.82, 2.24) is 9.47 Å². The third kappa shape index (κ3) is 2.24. The van der Waals surface area contributed by atoms with Crippen molar-refractivity contribution >= 4 is 11.9 Å². The van der Waals surface area contributed by atoms with Crippen LogP contribution in [-0.4, -0.2) is 43.7 Å². The lowest BCUT2D eigenvalue weighted by molar-refractivity contribution is -0.177. The molecule has 2 aromatic rings. The summed E-state index contributed by atoms with van der Waals surface area (Å²) in [6.45, 7) is 0. The Balaban J connectivity index is 2.53. The van der Waals surface area contributed by atoms with Crippen molar-refractivity contribution in [2.45, 2.75) is 5.92 Å². The van der Waals surface area contributed by atoms with E-state index >= 15 is 4.39 Å². The number of carboxylic acid groups (broad SMARTS) is 1. The lowest BCUT2D eigenvalue weighted by Crippen LogP contribution is -2.53. The molecule has 1 amide bonds. The molecule has 0 spiro atoms. The quantitative estimate of drug-likeness (QED) is 0.740. The minimum absolute atomic E-state index is 0.0550. The fourth-order valence-electron chi connectivity index (χ4n) is 2.02. The van der Waals surface area contributed by atoms with Gasteiger partial charge >= 0.3 is 11.9 Å². The molecule has 0 radical (unpaired) electrons. The van der Waals surface area contributed by atoms with Crippen molar-refractivity contribution in [2.75, 3.05) is 7.05 Å². The lowest BCUT2D eigenvalue weighted by Gasteiger charge is -2.32. The van der Waals surface area contributed by atoms with Crippen LogP contribution in [0.4, 0.5) is 4.39 Å². The molecule has 0 bridgehead atoms. The zero-order valence-corrected chi connectivity index (χ0v) is 11.5. The standard InChI is InChI=1S/C14H13FN2O5/c1-16(12(20)9-5-3-2-4-6-9)14(15,13(21)22)17-10(18)7-8-11(17)19/h2-8,18-19H,1H3,(H,21,22). The molecule has 0 saturated carbocycles. The summed E-state index contributed by atoms with van der Waals surface area (Å²) < 4.78 is 15.2.